The maximum absolute atomic E-state index is 12.2. The Morgan fingerprint density at radius 3 is 2.54 bits per heavy atom. The van der Waals surface area contributed by atoms with Crippen molar-refractivity contribution in [3.63, 3.8) is 0 Å². The van der Waals surface area contributed by atoms with E-state index < -0.39 is 16.0 Å². The van der Waals surface area contributed by atoms with Gasteiger partial charge in [0, 0.05) is 17.5 Å². The molecule has 0 saturated carbocycles. The van der Waals surface area contributed by atoms with Gasteiger partial charge in [-0.25, -0.2) is 18.1 Å². The third-order valence-electron chi connectivity index (χ3n) is 3.91. The van der Waals surface area contributed by atoms with Gasteiger partial charge in [-0.3, -0.25) is 4.79 Å². The van der Waals surface area contributed by atoms with Crippen molar-refractivity contribution in [1.29, 1.82) is 0 Å². The van der Waals surface area contributed by atoms with E-state index in [1.54, 1.807) is 12.1 Å². The molecule has 28 heavy (non-hydrogen) atoms. The number of aromatic nitrogens is 1. The van der Waals surface area contributed by atoms with Gasteiger partial charge in [0.1, 0.15) is 11.6 Å². The standard InChI is InChI=1S/C20H20N2O4S2/c1-15-7-9-18(10-8-15)28(24,25)21-12-11-19(23)26-13-17-14-27-20(22-17)16-5-3-2-4-6-16/h2-10,14,21H,11-13H2,1H3. The van der Waals surface area contributed by atoms with Crippen molar-refractivity contribution in [3.05, 3.63) is 71.2 Å². The van der Waals surface area contributed by atoms with Gasteiger partial charge < -0.3 is 4.74 Å². The second-order valence-electron chi connectivity index (χ2n) is 6.13. The molecule has 0 aliphatic heterocycles. The number of aryl methyl sites for hydroxylation is 1. The summed E-state index contributed by atoms with van der Waals surface area (Å²) in [7, 11) is -3.64. The third-order valence-corrected chi connectivity index (χ3v) is 6.32. The Balaban J connectivity index is 1.45. The van der Waals surface area contributed by atoms with Gasteiger partial charge in [0.15, 0.2) is 0 Å². The van der Waals surface area contributed by atoms with Crippen LogP contribution in [0.2, 0.25) is 0 Å². The normalized spacial score (nSPS) is 11.3. The zero-order valence-corrected chi connectivity index (χ0v) is 16.9. The molecule has 0 unspecified atom stereocenters. The predicted octanol–water partition coefficient (Wildman–Crippen LogP) is 3.53. The molecule has 0 atom stereocenters. The monoisotopic (exact) mass is 416 g/mol. The van der Waals surface area contributed by atoms with Crippen molar-refractivity contribution in [1.82, 2.24) is 9.71 Å². The fourth-order valence-corrected chi connectivity index (χ4v) is 4.24. The Kier molecular flexibility index (Phi) is 6.56. The van der Waals surface area contributed by atoms with Crippen LogP contribution >= 0.6 is 11.3 Å². The van der Waals surface area contributed by atoms with Crippen LogP contribution in [0.1, 0.15) is 17.7 Å². The molecule has 0 saturated heterocycles. The molecule has 1 N–H and O–H groups in total. The van der Waals surface area contributed by atoms with Gasteiger partial charge in [0.2, 0.25) is 10.0 Å². The Morgan fingerprint density at radius 2 is 1.82 bits per heavy atom. The van der Waals surface area contributed by atoms with E-state index in [-0.39, 0.29) is 24.5 Å². The van der Waals surface area contributed by atoms with E-state index in [0.29, 0.717) is 5.69 Å². The van der Waals surface area contributed by atoms with Crippen molar-refractivity contribution >= 4 is 27.3 Å². The number of benzene rings is 2. The third kappa shape index (κ3) is 5.48. The summed E-state index contributed by atoms with van der Waals surface area (Å²) in [5.74, 6) is -0.485. The summed E-state index contributed by atoms with van der Waals surface area (Å²) < 4.78 is 31.9. The number of esters is 1. The molecule has 0 bridgehead atoms. The minimum absolute atomic E-state index is 0.0264. The van der Waals surface area contributed by atoms with Gasteiger partial charge in [-0.05, 0) is 19.1 Å². The minimum atomic E-state index is -3.64. The average Bonchev–Trinajstić information content (AvgIpc) is 3.16. The zero-order valence-electron chi connectivity index (χ0n) is 15.3. The molecular formula is C20H20N2O4S2. The molecule has 8 heteroatoms. The molecule has 0 radical (unpaired) electrons. The summed E-state index contributed by atoms with van der Waals surface area (Å²) in [6, 6.07) is 16.3. The van der Waals surface area contributed by atoms with Crippen LogP contribution in [0.4, 0.5) is 0 Å². The largest absolute Gasteiger partial charge is 0.459 e. The van der Waals surface area contributed by atoms with E-state index in [1.807, 2.05) is 42.6 Å². The molecule has 146 valence electrons. The first-order chi connectivity index (χ1) is 13.4. The minimum Gasteiger partial charge on any atom is -0.459 e. The van der Waals surface area contributed by atoms with Crippen LogP contribution in [-0.2, 0) is 26.2 Å². The quantitative estimate of drug-likeness (QED) is 0.568. The van der Waals surface area contributed by atoms with Gasteiger partial charge in [0.25, 0.3) is 0 Å². The van der Waals surface area contributed by atoms with Crippen molar-refractivity contribution in [2.45, 2.75) is 24.8 Å². The van der Waals surface area contributed by atoms with Crippen LogP contribution in [0, 0.1) is 6.92 Å². The van der Waals surface area contributed by atoms with Crippen molar-refractivity contribution < 1.29 is 17.9 Å². The van der Waals surface area contributed by atoms with Gasteiger partial charge in [-0.15, -0.1) is 11.3 Å². The Labute approximate surface area is 168 Å². The lowest BCUT2D eigenvalue weighted by molar-refractivity contribution is -0.144. The highest BCUT2D eigenvalue weighted by atomic mass is 32.2. The fraction of sp³-hybridized carbons (Fsp3) is 0.200. The lowest BCUT2D eigenvalue weighted by Crippen LogP contribution is -2.26. The number of hydrogen-bond acceptors (Lipinski definition) is 6. The second kappa shape index (κ2) is 9.09. The molecule has 1 heterocycles. The van der Waals surface area contributed by atoms with Crippen LogP contribution in [-0.4, -0.2) is 25.9 Å². The number of rotatable bonds is 8. The summed E-state index contributed by atoms with van der Waals surface area (Å²) in [6.45, 7) is 1.92. The summed E-state index contributed by atoms with van der Waals surface area (Å²) in [6.07, 6.45) is -0.0548. The number of nitrogens with one attached hydrogen (secondary N) is 1. The van der Waals surface area contributed by atoms with Crippen LogP contribution in [0.3, 0.4) is 0 Å². The Bertz CT molecular complexity index is 1030. The summed E-state index contributed by atoms with van der Waals surface area (Å²) in [5.41, 5.74) is 2.65. The number of thiazole rings is 1. The van der Waals surface area contributed by atoms with Gasteiger partial charge >= 0.3 is 5.97 Å². The van der Waals surface area contributed by atoms with E-state index in [0.717, 1.165) is 16.1 Å². The molecule has 1 aromatic heterocycles. The Hall–Kier alpha value is -2.55. The number of nitrogens with zero attached hydrogens (tertiary/aromatic N) is 1. The summed E-state index contributed by atoms with van der Waals surface area (Å²) in [5, 5.41) is 2.70. The highest BCUT2D eigenvalue weighted by Crippen LogP contribution is 2.23. The number of ether oxygens (including phenoxy) is 1. The molecule has 3 rings (SSSR count). The maximum Gasteiger partial charge on any atom is 0.307 e. The van der Waals surface area contributed by atoms with Crippen LogP contribution in [0.25, 0.3) is 10.6 Å². The molecule has 0 fully saturated rings. The highest BCUT2D eigenvalue weighted by Gasteiger charge is 2.14. The van der Waals surface area contributed by atoms with Crippen LogP contribution in [0.5, 0.6) is 0 Å². The molecule has 0 amide bonds. The average molecular weight is 417 g/mol. The smallest absolute Gasteiger partial charge is 0.307 e. The van der Waals surface area contributed by atoms with E-state index in [1.165, 1.54) is 23.5 Å². The van der Waals surface area contributed by atoms with E-state index in [2.05, 4.69) is 9.71 Å². The first kappa shape index (κ1) is 20.2. The lowest BCUT2D eigenvalue weighted by Gasteiger charge is -2.07. The van der Waals surface area contributed by atoms with E-state index in [4.69, 9.17) is 4.74 Å². The number of hydrogen-bond donors (Lipinski definition) is 1. The number of carbonyl (C=O) groups excluding carboxylic acids is 1. The van der Waals surface area contributed by atoms with Crippen molar-refractivity contribution in [2.75, 3.05) is 6.54 Å². The van der Waals surface area contributed by atoms with E-state index in [9.17, 15) is 13.2 Å². The van der Waals surface area contributed by atoms with Crippen LogP contribution in [0.15, 0.2) is 64.9 Å². The predicted molar refractivity (Wildman–Crippen MR) is 108 cm³/mol. The van der Waals surface area contributed by atoms with Gasteiger partial charge in [-0.2, -0.15) is 0 Å². The molecule has 6 nitrogen and oxygen atoms in total. The number of sulfonamides is 1. The molecule has 2 aromatic carbocycles. The first-order valence-electron chi connectivity index (χ1n) is 8.66. The fourth-order valence-electron chi connectivity index (χ4n) is 2.40. The van der Waals surface area contributed by atoms with Crippen molar-refractivity contribution in [2.24, 2.45) is 0 Å². The van der Waals surface area contributed by atoms with Gasteiger partial charge in [-0.1, -0.05) is 48.0 Å². The van der Waals surface area contributed by atoms with Crippen molar-refractivity contribution in [3.8, 4) is 10.6 Å². The maximum atomic E-state index is 12.2. The molecule has 0 spiro atoms. The molecule has 0 aliphatic rings. The second-order valence-corrected chi connectivity index (χ2v) is 8.76. The topological polar surface area (TPSA) is 85.4 Å². The first-order valence-corrected chi connectivity index (χ1v) is 11.0. The Morgan fingerprint density at radius 1 is 1.11 bits per heavy atom. The van der Waals surface area contributed by atoms with Gasteiger partial charge in [0.05, 0.1) is 17.0 Å². The SMILES string of the molecule is Cc1ccc(S(=O)(=O)NCCC(=O)OCc2csc(-c3ccccc3)n2)cc1. The summed E-state index contributed by atoms with van der Waals surface area (Å²) in [4.78, 5) is 16.5. The lowest BCUT2D eigenvalue weighted by atomic mass is 10.2. The molecular weight excluding hydrogens is 396 g/mol. The highest BCUT2D eigenvalue weighted by molar-refractivity contribution is 7.89. The zero-order chi connectivity index (χ0) is 20.0. The summed E-state index contributed by atoms with van der Waals surface area (Å²) >= 11 is 1.48. The number of carbonyl (C=O) groups is 1. The molecule has 0 aliphatic carbocycles. The van der Waals surface area contributed by atoms with Crippen LogP contribution < -0.4 is 4.72 Å². The molecule has 3 aromatic rings. The van der Waals surface area contributed by atoms with E-state index >= 15 is 0 Å².